The largest absolute Gasteiger partial charge is 0.395 e. The van der Waals surface area contributed by atoms with Crippen LogP contribution in [-0.4, -0.2) is 72.1 Å². The molecule has 0 aromatic carbocycles. The van der Waals surface area contributed by atoms with E-state index >= 15 is 0 Å². The van der Waals surface area contributed by atoms with E-state index in [0.29, 0.717) is 25.6 Å². The summed E-state index contributed by atoms with van der Waals surface area (Å²) in [5, 5.41) is 11.2. The molecule has 6 heteroatoms. The number of carbonyl (C=O) groups excluding carboxylic acids is 2. The summed E-state index contributed by atoms with van der Waals surface area (Å²) < 4.78 is 0. The number of nitrogens with one attached hydrogen (secondary N) is 1. The second kappa shape index (κ2) is 5.46. The molecule has 1 atom stereocenters. The summed E-state index contributed by atoms with van der Waals surface area (Å²) >= 11 is 0. The van der Waals surface area contributed by atoms with Crippen LogP contribution in [0.25, 0.3) is 0 Å². The third kappa shape index (κ3) is 2.95. The van der Waals surface area contributed by atoms with Crippen molar-refractivity contribution in [3.63, 3.8) is 0 Å². The number of fused-ring (bicyclic) bond motifs is 1. The van der Waals surface area contributed by atoms with Crippen molar-refractivity contribution in [1.82, 2.24) is 15.1 Å². The first-order chi connectivity index (χ1) is 8.20. The Morgan fingerprint density at radius 1 is 1.47 bits per heavy atom. The van der Waals surface area contributed by atoms with Gasteiger partial charge in [-0.1, -0.05) is 0 Å². The quantitative estimate of drug-likeness (QED) is 0.622. The van der Waals surface area contributed by atoms with Gasteiger partial charge in [-0.25, -0.2) is 0 Å². The van der Waals surface area contributed by atoms with Gasteiger partial charge in [-0.2, -0.15) is 0 Å². The van der Waals surface area contributed by atoms with Crippen LogP contribution in [0, 0.1) is 0 Å². The summed E-state index contributed by atoms with van der Waals surface area (Å²) in [5.74, 6) is 0.191. The van der Waals surface area contributed by atoms with E-state index in [1.165, 1.54) is 0 Å². The molecule has 0 aliphatic carbocycles. The fourth-order valence-corrected chi connectivity index (χ4v) is 2.53. The predicted octanol–water partition coefficient (Wildman–Crippen LogP) is -1.60. The topological polar surface area (TPSA) is 72.9 Å². The minimum atomic E-state index is -0.0585. The Balaban J connectivity index is 1.77. The lowest BCUT2D eigenvalue weighted by molar-refractivity contribution is -0.131. The molecule has 2 rings (SSSR count). The van der Waals surface area contributed by atoms with Gasteiger partial charge in [0.05, 0.1) is 13.2 Å². The number of aliphatic hydroxyl groups excluding tert-OH is 1. The highest BCUT2D eigenvalue weighted by Crippen LogP contribution is 2.22. The molecule has 6 nitrogen and oxygen atoms in total. The molecule has 2 saturated heterocycles. The molecular weight excluding hydrogens is 222 g/mol. The Morgan fingerprint density at radius 3 is 3.06 bits per heavy atom. The molecule has 0 aromatic heterocycles. The van der Waals surface area contributed by atoms with Gasteiger partial charge in [-0.3, -0.25) is 14.5 Å². The van der Waals surface area contributed by atoms with E-state index in [4.69, 9.17) is 5.11 Å². The van der Waals surface area contributed by atoms with Crippen molar-refractivity contribution in [3.8, 4) is 0 Å². The maximum atomic E-state index is 11.5. The smallest absolute Gasteiger partial charge is 0.234 e. The van der Waals surface area contributed by atoms with Gasteiger partial charge in [0.15, 0.2) is 0 Å². The number of nitrogens with zero attached hydrogens (tertiary/aromatic N) is 2. The standard InChI is InChI=1S/C11H19N3O3/c15-6-3-12-10(16)8-13-4-5-14-9(7-13)1-2-11(14)17/h9,15H,1-8H2,(H,12,16). The second-order valence-electron chi connectivity index (χ2n) is 4.59. The molecule has 1 unspecified atom stereocenters. The molecule has 0 aromatic rings. The van der Waals surface area contributed by atoms with E-state index in [9.17, 15) is 9.59 Å². The van der Waals surface area contributed by atoms with E-state index in [0.717, 1.165) is 26.1 Å². The van der Waals surface area contributed by atoms with Gasteiger partial charge in [-0.05, 0) is 6.42 Å². The van der Waals surface area contributed by atoms with Gasteiger partial charge in [0.25, 0.3) is 0 Å². The van der Waals surface area contributed by atoms with Gasteiger partial charge in [0, 0.05) is 38.6 Å². The van der Waals surface area contributed by atoms with Crippen molar-refractivity contribution in [2.45, 2.75) is 18.9 Å². The van der Waals surface area contributed by atoms with Crippen molar-refractivity contribution in [2.24, 2.45) is 0 Å². The fourth-order valence-electron chi connectivity index (χ4n) is 2.53. The van der Waals surface area contributed by atoms with Crippen molar-refractivity contribution in [3.05, 3.63) is 0 Å². The van der Waals surface area contributed by atoms with Crippen LogP contribution in [0.2, 0.25) is 0 Å². The number of hydrogen-bond donors (Lipinski definition) is 2. The monoisotopic (exact) mass is 241 g/mol. The highest BCUT2D eigenvalue weighted by Gasteiger charge is 2.35. The highest BCUT2D eigenvalue weighted by atomic mass is 16.3. The lowest BCUT2D eigenvalue weighted by Crippen LogP contribution is -2.53. The van der Waals surface area contributed by atoms with E-state index in [1.807, 2.05) is 4.90 Å². The zero-order chi connectivity index (χ0) is 12.3. The molecule has 0 bridgehead atoms. The zero-order valence-electron chi connectivity index (χ0n) is 9.89. The minimum absolute atomic E-state index is 0.0311. The fraction of sp³-hybridized carbons (Fsp3) is 0.818. The Labute approximate surface area is 101 Å². The van der Waals surface area contributed by atoms with Crippen LogP contribution in [-0.2, 0) is 9.59 Å². The van der Waals surface area contributed by atoms with Crippen LogP contribution in [0.5, 0.6) is 0 Å². The maximum Gasteiger partial charge on any atom is 0.234 e. The van der Waals surface area contributed by atoms with Crippen molar-refractivity contribution in [2.75, 3.05) is 39.3 Å². The van der Waals surface area contributed by atoms with Gasteiger partial charge in [-0.15, -0.1) is 0 Å². The first-order valence-corrected chi connectivity index (χ1v) is 6.10. The minimum Gasteiger partial charge on any atom is -0.395 e. The Kier molecular flexibility index (Phi) is 3.96. The predicted molar refractivity (Wildman–Crippen MR) is 61.3 cm³/mol. The van der Waals surface area contributed by atoms with E-state index < -0.39 is 0 Å². The van der Waals surface area contributed by atoms with E-state index in [1.54, 1.807) is 0 Å². The average molecular weight is 241 g/mol. The van der Waals surface area contributed by atoms with Crippen molar-refractivity contribution < 1.29 is 14.7 Å². The van der Waals surface area contributed by atoms with E-state index in [2.05, 4.69) is 10.2 Å². The molecule has 0 radical (unpaired) electrons. The molecule has 17 heavy (non-hydrogen) atoms. The number of amides is 2. The van der Waals surface area contributed by atoms with Crippen LogP contribution in [0.3, 0.4) is 0 Å². The van der Waals surface area contributed by atoms with Crippen molar-refractivity contribution in [1.29, 1.82) is 0 Å². The van der Waals surface area contributed by atoms with Gasteiger partial charge >= 0.3 is 0 Å². The molecule has 2 heterocycles. The third-order valence-electron chi connectivity index (χ3n) is 3.38. The number of piperazine rings is 1. The first-order valence-electron chi connectivity index (χ1n) is 6.10. The molecular formula is C11H19N3O3. The molecule has 2 amide bonds. The second-order valence-corrected chi connectivity index (χ2v) is 4.59. The Hall–Kier alpha value is -1.14. The molecule has 2 aliphatic rings. The van der Waals surface area contributed by atoms with Crippen molar-refractivity contribution >= 4 is 11.8 Å². The number of aliphatic hydroxyl groups is 1. The molecule has 96 valence electrons. The number of hydrogen-bond acceptors (Lipinski definition) is 4. The normalized spacial score (nSPS) is 24.9. The summed E-state index contributed by atoms with van der Waals surface area (Å²) in [7, 11) is 0. The molecule has 0 spiro atoms. The summed E-state index contributed by atoms with van der Waals surface area (Å²) in [4.78, 5) is 27.0. The highest BCUT2D eigenvalue weighted by molar-refractivity contribution is 5.79. The molecule has 2 N–H and O–H groups in total. The summed E-state index contributed by atoms with van der Waals surface area (Å²) in [6.45, 7) is 2.92. The summed E-state index contributed by atoms with van der Waals surface area (Å²) in [6.07, 6.45) is 1.56. The van der Waals surface area contributed by atoms with Gasteiger partial charge < -0.3 is 15.3 Å². The molecule has 0 saturated carbocycles. The molecule has 2 fully saturated rings. The van der Waals surface area contributed by atoms with Crippen LogP contribution in [0.15, 0.2) is 0 Å². The van der Waals surface area contributed by atoms with Gasteiger partial charge in [0.1, 0.15) is 0 Å². The summed E-state index contributed by atoms with van der Waals surface area (Å²) in [6, 6.07) is 0.293. The lowest BCUT2D eigenvalue weighted by atomic mass is 10.1. The van der Waals surface area contributed by atoms with Crippen LogP contribution < -0.4 is 5.32 Å². The van der Waals surface area contributed by atoms with Crippen LogP contribution in [0.1, 0.15) is 12.8 Å². The van der Waals surface area contributed by atoms with Crippen LogP contribution in [0.4, 0.5) is 0 Å². The Morgan fingerprint density at radius 2 is 2.29 bits per heavy atom. The molecule has 2 aliphatic heterocycles. The summed E-state index contributed by atoms with van der Waals surface area (Å²) in [5.41, 5.74) is 0. The number of carbonyl (C=O) groups is 2. The van der Waals surface area contributed by atoms with Crippen LogP contribution >= 0.6 is 0 Å². The SMILES string of the molecule is O=C(CN1CCN2C(=O)CCC2C1)NCCO. The number of rotatable bonds is 4. The van der Waals surface area contributed by atoms with E-state index in [-0.39, 0.29) is 18.4 Å². The average Bonchev–Trinajstić information content (AvgIpc) is 2.68. The zero-order valence-corrected chi connectivity index (χ0v) is 9.89. The Bertz CT molecular complexity index is 308. The first kappa shape index (κ1) is 12.3. The third-order valence-corrected chi connectivity index (χ3v) is 3.38. The van der Waals surface area contributed by atoms with Gasteiger partial charge in [0.2, 0.25) is 11.8 Å². The lowest BCUT2D eigenvalue weighted by Gasteiger charge is -2.37. The maximum absolute atomic E-state index is 11.5.